The molecule has 1 aliphatic rings. The van der Waals surface area contributed by atoms with Crippen LogP contribution in [0.1, 0.15) is 43.0 Å². The third-order valence-electron chi connectivity index (χ3n) is 3.79. The molecule has 23 heavy (non-hydrogen) atoms. The summed E-state index contributed by atoms with van der Waals surface area (Å²) < 4.78 is 11.0. The number of amides is 1. The molecule has 1 aromatic rings. The molecule has 1 heterocycles. The minimum atomic E-state index is -0.0160. The number of hydrogen-bond donors (Lipinski definition) is 1. The molecule has 0 spiro atoms. The average Bonchev–Trinajstić information content (AvgIpc) is 2.60. The highest BCUT2D eigenvalue weighted by Crippen LogP contribution is 2.21. The standard InChI is InChI=1S/C18H27NO3S/c1-2-3-11-22-16-6-4-15(5-7-16)18(20)19-10-14-23-17-8-12-21-13-9-17/h4-7,17H,2-3,8-14H2,1H3,(H,19,20). The number of carbonyl (C=O) groups excluding carboxylic acids is 1. The highest BCUT2D eigenvalue weighted by molar-refractivity contribution is 7.99. The van der Waals surface area contributed by atoms with Crippen LogP contribution in [0.15, 0.2) is 24.3 Å². The van der Waals surface area contributed by atoms with Gasteiger partial charge >= 0.3 is 0 Å². The molecule has 0 bridgehead atoms. The zero-order chi connectivity index (χ0) is 16.3. The molecular formula is C18H27NO3S. The van der Waals surface area contributed by atoms with Crippen molar-refractivity contribution in [2.24, 2.45) is 0 Å². The predicted molar refractivity (Wildman–Crippen MR) is 95.5 cm³/mol. The Balaban J connectivity index is 1.64. The third kappa shape index (κ3) is 6.83. The maximum Gasteiger partial charge on any atom is 0.251 e. The van der Waals surface area contributed by atoms with E-state index in [1.165, 1.54) is 0 Å². The highest BCUT2D eigenvalue weighted by atomic mass is 32.2. The summed E-state index contributed by atoms with van der Waals surface area (Å²) in [5.41, 5.74) is 0.684. The van der Waals surface area contributed by atoms with Gasteiger partial charge in [-0.05, 0) is 43.5 Å². The van der Waals surface area contributed by atoms with Gasteiger partial charge < -0.3 is 14.8 Å². The van der Waals surface area contributed by atoms with Crippen molar-refractivity contribution in [1.29, 1.82) is 0 Å². The van der Waals surface area contributed by atoms with Crippen LogP contribution in [0.4, 0.5) is 0 Å². The Morgan fingerprint density at radius 2 is 2.04 bits per heavy atom. The smallest absolute Gasteiger partial charge is 0.251 e. The van der Waals surface area contributed by atoms with Crippen molar-refractivity contribution in [3.63, 3.8) is 0 Å². The van der Waals surface area contributed by atoms with E-state index in [0.717, 1.165) is 57.0 Å². The van der Waals surface area contributed by atoms with Gasteiger partial charge in [0.05, 0.1) is 6.61 Å². The first-order valence-electron chi connectivity index (χ1n) is 8.50. The van der Waals surface area contributed by atoms with E-state index in [9.17, 15) is 4.79 Å². The molecule has 0 saturated carbocycles. The summed E-state index contributed by atoms with van der Waals surface area (Å²) in [5.74, 6) is 1.76. The van der Waals surface area contributed by atoms with Crippen LogP contribution in [-0.4, -0.2) is 43.3 Å². The van der Waals surface area contributed by atoms with Crippen molar-refractivity contribution in [2.45, 2.75) is 37.9 Å². The monoisotopic (exact) mass is 337 g/mol. The Morgan fingerprint density at radius 3 is 2.74 bits per heavy atom. The van der Waals surface area contributed by atoms with Crippen LogP contribution in [0.3, 0.4) is 0 Å². The Kier molecular flexibility index (Phi) is 8.32. The van der Waals surface area contributed by atoms with Crippen LogP contribution in [0.5, 0.6) is 5.75 Å². The average molecular weight is 337 g/mol. The molecule has 2 rings (SSSR count). The van der Waals surface area contributed by atoms with Gasteiger partial charge in [0.1, 0.15) is 5.75 Å². The normalized spacial score (nSPS) is 15.3. The first-order chi connectivity index (χ1) is 11.3. The second-order valence-electron chi connectivity index (χ2n) is 5.66. The van der Waals surface area contributed by atoms with Gasteiger partial charge in [-0.3, -0.25) is 4.79 Å². The maximum absolute atomic E-state index is 12.1. The van der Waals surface area contributed by atoms with Gasteiger partial charge in [0.15, 0.2) is 0 Å². The molecular weight excluding hydrogens is 310 g/mol. The number of nitrogens with one attached hydrogen (secondary N) is 1. The number of carbonyl (C=O) groups is 1. The lowest BCUT2D eigenvalue weighted by Crippen LogP contribution is -2.27. The third-order valence-corrected chi connectivity index (χ3v) is 5.18. The SMILES string of the molecule is CCCCOc1ccc(C(=O)NCCSC2CCOCC2)cc1. The fraction of sp³-hybridized carbons (Fsp3) is 0.611. The Hall–Kier alpha value is -1.20. The minimum Gasteiger partial charge on any atom is -0.494 e. The van der Waals surface area contributed by atoms with Crippen LogP contribution in [-0.2, 0) is 4.74 Å². The quantitative estimate of drug-likeness (QED) is 0.701. The van der Waals surface area contributed by atoms with Crippen molar-refractivity contribution in [1.82, 2.24) is 5.32 Å². The zero-order valence-corrected chi connectivity index (χ0v) is 14.7. The van der Waals surface area contributed by atoms with E-state index < -0.39 is 0 Å². The molecule has 4 nitrogen and oxygen atoms in total. The molecule has 1 aliphatic heterocycles. The van der Waals surface area contributed by atoms with Crippen molar-refractivity contribution in [3.05, 3.63) is 29.8 Å². The second-order valence-corrected chi connectivity index (χ2v) is 7.07. The number of benzene rings is 1. The molecule has 0 atom stereocenters. The highest BCUT2D eigenvalue weighted by Gasteiger charge is 2.13. The van der Waals surface area contributed by atoms with Crippen molar-refractivity contribution in [2.75, 3.05) is 32.1 Å². The van der Waals surface area contributed by atoms with Gasteiger partial charge in [-0.1, -0.05) is 13.3 Å². The fourth-order valence-corrected chi connectivity index (χ4v) is 3.45. The summed E-state index contributed by atoms with van der Waals surface area (Å²) in [6, 6.07) is 7.37. The molecule has 128 valence electrons. The molecule has 1 aromatic carbocycles. The molecule has 1 amide bonds. The second kappa shape index (κ2) is 10.6. The first-order valence-corrected chi connectivity index (χ1v) is 9.55. The van der Waals surface area contributed by atoms with E-state index in [1.54, 1.807) is 0 Å². The number of rotatable bonds is 9. The Bertz CT molecular complexity index is 458. The molecule has 0 radical (unpaired) electrons. The van der Waals surface area contributed by atoms with Crippen LogP contribution >= 0.6 is 11.8 Å². The van der Waals surface area contributed by atoms with Gasteiger partial charge in [0, 0.05) is 36.3 Å². The van der Waals surface area contributed by atoms with Gasteiger partial charge in [-0.25, -0.2) is 0 Å². The fourth-order valence-electron chi connectivity index (χ4n) is 2.37. The van der Waals surface area contributed by atoms with Gasteiger partial charge in [0.25, 0.3) is 5.91 Å². The van der Waals surface area contributed by atoms with E-state index in [2.05, 4.69) is 12.2 Å². The molecule has 0 aliphatic carbocycles. The number of ether oxygens (including phenoxy) is 2. The lowest BCUT2D eigenvalue weighted by Gasteiger charge is -2.21. The summed E-state index contributed by atoms with van der Waals surface area (Å²) >= 11 is 1.93. The predicted octanol–water partition coefficient (Wildman–Crippen LogP) is 3.51. The zero-order valence-electron chi connectivity index (χ0n) is 13.9. The molecule has 1 fully saturated rings. The lowest BCUT2D eigenvalue weighted by molar-refractivity contribution is 0.0955. The van der Waals surface area contributed by atoms with Crippen molar-refractivity contribution >= 4 is 17.7 Å². The summed E-state index contributed by atoms with van der Waals surface area (Å²) in [6.45, 7) is 5.31. The Morgan fingerprint density at radius 1 is 1.30 bits per heavy atom. The minimum absolute atomic E-state index is 0.0160. The number of unbranched alkanes of at least 4 members (excludes halogenated alkanes) is 1. The largest absolute Gasteiger partial charge is 0.494 e. The van der Waals surface area contributed by atoms with Crippen LogP contribution in [0.2, 0.25) is 0 Å². The summed E-state index contributed by atoms with van der Waals surface area (Å²) in [5, 5.41) is 3.66. The van der Waals surface area contributed by atoms with Crippen molar-refractivity contribution in [3.8, 4) is 5.75 Å². The molecule has 1 N–H and O–H groups in total. The first kappa shape index (κ1) is 18.1. The van der Waals surface area contributed by atoms with E-state index in [4.69, 9.17) is 9.47 Å². The maximum atomic E-state index is 12.1. The van der Waals surface area contributed by atoms with Crippen LogP contribution in [0, 0.1) is 0 Å². The molecule has 0 aromatic heterocycles. The Labute approximate surface area is 143 Å². The van der Waals surface area contributed by atoms with Crippen LogP contribution < -0.4 is 10.1 Å². The molecule has 0 unspecified atom stereocenters. The van der Waals surface area contributed by atoms with E-state index in [1.807, 2.05) is 36.0 Å². The van der Waals surface area contributed by atoms with E-state index in [0.29, 0.717) is 17.4 Å². The molecule has 5 heteroatoms. The van der Waals surface area contributed by atoms with Crippen molar-refractivity contribution < 1.29 is 14.3 Å². The lowest BCUT2D eigenvalue weighted by atomic mass is 10.2. The number of thioether (sulfide) groups is 1. The van der Waals surface area contributed by atoms with E-state index >= 15 is 0 Å². The van der Waals surface area contributed by atoms with Gasteiger partial charge in [0.2, 0.25) is 0 Å². The summed E-state index contributed by atoms with van der Waals surface area (Å²) in [6.07, 6.45) is 4.41. The summed E-state index contributed by atoms with van der Waals surface area (Å²) in [7, 11) is 0. The van der Waals surface area contributed by atoms with Crippen LogP contribution in [0.25, 0.3) is 0 Å². The van der Waals surface area contributed by atoms with E-state index in [-0.39, 0.29) is 5.91 Å². The topological polar surface area (TPSA) is 47.6 Å². The van der Waals surface area contributed by atoms with Gasteiger partial charge in [-0.2, -0.15) is 11.8 Å². The number of hydrogen-bond acceptors (Lipinski definition) is 4. The summed E-state index contributed by atoms with van der Waals surface area (Å²) in [4.78, 5) is 12.1. The molecule has 1 saturated heterocycles. The van der Waals surface area contributed by atoms with Gasteiger partial charge in [-0.15, -0.1) is 0 Å².